The Morgan fingerprint density at radius 3 is 2.75 bits per heavy atom. The first kappa shape index (κ1) is 16.9. The van der Waals surface area contributed by atoms with Crippen molar-refractivity contribution in [3.05, 3.63) is 18.3 Å². The number of hydrogen-bond acceptors (Lipinski definition) is 4. The van der Waals surface area contributed by atoms with Gasteiger partial charge in [-0.15, -0.1) is 0 Å². The van der Waals surface area contributed by atoms with Crippen molar-refractivity contribution in [3.8, 4) is 0 Å². The molecular weight excluding hydrogens is 302 g/mol. The van der Waals surface area contributed by atoms with Crippen molar-refractivity contribution in [3.63, 3.8) is 0 Å². The number of piperidine rings is 1. The monoisotopic (exact) mass is 331 g/mol. The summed E-state index contributed by atoms with van der Waals surface area (Å²) in [6.45, 7) is 4.90. The van der Waals surface area contributed by atoms with E-state index in [-0.39, 0.29) is 6.03 Å². The molecule has 0 bridgehead atoms. The minimum atomic E-state index is 0.126. The van der Waals surface area contributed by atoms with Crippen LogP contribution in [0.15, 0.2) is 18.3 Å². The lowest BCUT2D eigenvalue weighted by atomic mass is 10.00. The number of carbonyl (C=O) groups excluding carboxylic acids is 1. The molecule has 6 nitrogen and oxygen atoms in total. The smallest absolute Gasteiger partial charge is 0.318 e. The lowest BCUT2D eigenvalue weighted by molar-refractivity contribution is 0.156. The average molecular weight is 331 g/mol. The van der Waals surface area contributed by atoms with E-state index < -0.39 is 0 Å². The Kier molecular flexibility index (Phi) is 5.43. The molecule has 2 aliphatic heterocycles. The summed E-state index contributed by atoms with van der Waals surface area (Å²) in [5, 5.41) is 3.04. The second-order valence-corrected chi connectivity index (χ2v) is 6.91. The van der Waals surface area contributed by atoms with Crippen LogP contribution in [-0.4, -0.2) is 47.6 Å². The molecule has 1 atom stereocenters. The van der Waals surface area contributed by atoms with Gasteiger partial charge in [-0.25, -0.2) is 9.78 Å². The molecule has 0 saturated carbocycles. The summed E-state index contributed by atoms with van der Waals surface area (Å²) >= 11 is 0. The lowest BCUT2D eigenvalue weighted by Gasteiger charge is -2.39. The zero-order valence-corrected chi connectivity index (χ0v) is 14.6. The van der Waals surface area contributed by atoms with Gasteiger partial charge in [0, 0.05) is 25.7 Å². The van der Waals surface area contributed by atoms with Crippen molar-refractivity contribution < 1.29 is 4.79 Å². The maximum absolute atomic E-state index is 12.3. The first-order chi connectivity index (χ1) is 11.7. The molecule has 1 unspecified atom stereocenters. The molecule has 3 N–H and O–H groups in total. The third-order valence-corrected chi connectivity index (χ3v) is 5.21. The molecule has 2 saturated heterocycles. The number of unbranched alkanes of at least 4 members (excludes halogenated alkanes) is 2. The van der Waals surface area contributed by atoms with Crippen LogP contribution in [0.25, 0.3) is 0 Å². The molecule has 2 fully saturated rings. The summed E-state index contributed by atoms with van der Waals surface area (Å²) in [4.78, 5) is 21.1. The molecule has 0 radical (unpaired) electrons. The molecule has 6 heteroatoms. The van der Waals surface area contributed by atoms with Crippen LogP contribution in [0.5, 0.6) is 0 Å². The number of nitrogen functional groups attached to an aromatic ring is 1. The fourth-order valence-corrected chi connectivity index (χ4v) is 3.85. The van der Waals surface area contributed by atoms with Gasteiger partial charge in [0.15, 0.2) is 0 Å². The molecule has 132 valence electrons. The highest BCUT2D eigenvalue weighted by Gasteiger charge is 2.37. The number of urea groups is 1. The second kappa shape index (κ2) is 7.73. The molecule has 0 aliphatic carbocycles. The molecule has 1 aromatic rings. The summed E-state index contributed by atoms with van der Waals surface area (Å²) in [5.74, 6) is 0.980. The maximum atomic E-state index is 12.3. The van der Waals surface area contributed by atoms with Gasteiger partial charge in [-0.1, -0.05) is 26.2 Å². The summed E-state index contributed by atoms with van der Waals surface area (Å²) in [6, 6.07) is 4.72. The molecule has 0 aromatic carbocycles. The van der Waals surface area contributed by atoms with Crippen LogP contribution in [0, 0.1) is 0 Å². The SMILES string of the molecule is CCCCCC1CNC(=O)N1C1CCN(c2ccc(N)cn2)CC1. The third-order valence-electron chi connectivity index (χ3n) is 5.21. The standard InChI is InChI=1S/C18H29N5O/c1-2-3-4-5-16-13-21-18(24)23(16)15-8-10-22(11-9-15)17-7-6-14(19)12-20-17/h6-7,12,15-16H,2-5,8-11,13,19H2,1H3,(H,21,24). The van der Waals surface area contributed by atoms with Crippen molar-refractivity contribution in [2.24, 2.45) is 0 Å². The summed E-state index contributed by atoms with van der Waals surface area (Å²) in [5.41, 5.74) is 6.40. The van der Waals surface area contributed by atoms with E-state index in [1.54, 1.807) is 6.20 Å². The van der Waals surface area contributed by atoms with Crippen molar-refractivity contribution in [1.29, 1.82) is 0 Å². The van der Waals surface area contributed by atoms with Crippen LogP contribution in [0.4, 0.5) is 16.3 Å². The Labute approximate surface area is 144 Å². The van der Waals surface area contributed by atoms with Gasteiger partial charge in [0.05, 0.1) is 17.9 Å². The quantitative estimate of drug-likeness (QED) is 0.786. The summed E-state index contributed by atoms with van der Waals surface area (Å²) in [7, 11) is 0. The largest absolute Gasteiger partial charge is 0.397 e. The normalized spacial score (nSPS) is 22.0. The molecule has 3 heterocycles. The number of amides is 2. The number of anilines is 2. The Morgan fingerprint density at radius 2 is 2.08 bits per heavy atom. The van der Waals surface area contributed by atoms with Gasteiger partial charge in [0.25, 0.3) is 0 Å². The van der Waals surface area contributed by atoms with Crippen molar-refractivity contribution in [2.45, 2.75) is 57.5 Å². The van der Waals surface area contributed by atoms with Gasteiger partial charge in [-0.3, -0.25) is 0 Å². The number of aromatic nitrogens is 1. The van der Waals surface area contributed by atoms with E-state index in [0.717, 1.165) is 44.7 Å². The van der Waals surface area contributed by atoms with Gasteiger partial charge < -0.3 is 20.9 Å². The number of nitrogens with one attached hydrogen (secondary N) is 1. The van der Waals surface area contributed by atoms with Crippen LogP contribution >= 0.6 is 0 Å². The Hall–Kier alpha value is -1.98. The number of hydrogen-bond donors (Lipinski definition) is 2. The minimum Gasteiger partial charge on any atom is -0.397 e. The van der Waals surface area contributed by atoms with Gasteiger partial charge in [-0.2, -0.15) is 0 Å². The zero-order valence-electron chi connectivity index (χ0n) is 14.6. The Morgan fingerprint density at radius 1 is 1.29 bits per heavy atom. The number of nitrogens with zero attached hydrogens (tertiary/aromatic N) is 3. The topological polar surface area (TPSA) is 74.5 Å². The maximum Gasteiger partial charge on any atom is 0.318 e. The van der Waals surface area contributed by atoms with Crippen LogP contribution in [0.2, 0.25) is 0 Å². The third kappa shape index (κ3) is 3.74. The van der Waals surface area contributed by atoms with E-state index >= 15 is 0 Å². The van der Waals surface area contributed by atoms with E-state index in [9.17, 15) is 4.79 Å². The van der Waals surface area contributed by atoms with E-state index in [0.29, 0.717) is 17.8 Å². The fourth-order valence-electron chi connectivity index (χ4n) is 3.85. The predicted octanol–water partition coefficient (Wildman–Crippen LogP) is 2.61. The minimum absolute atomic E-state index is 0.126. The number of pyridine rings is 1. The fraction of sp³-hybridized carbons (Fsp3) is 0.667. The van der Waals surface area contributed by atoms with Gasteiger partial charge in [-0.05, 0) is 31.4 Å². The first-order valence-corrected chi connectivity index (χ1v) is 9.21. The molecule has 24 heavy (non-hydrogen) atoms. The zero-order chi connectivity index (χ0) is 16.9. The second-order valence-electron chi connectivity index (χ2n) is 6.91. The average Bonchev–Trinajstić information content (AvgIpc) is 2.97. The van der Waals surface area contributed by atoms with Gasteiger partial charge >= 0.3 is 6.03 Å². The molecule has 0 spiro atoms. The van der Waals surface area contributed by atoms with Gasteiger partial charge in [0.1, 0.15) is 5.82 Å². The first-order valence-electron chi connectivity index (χ1n) is 9.21. The van der Waals surface area contributed by atoms with Crippen LogP contribution < -0.4 is 16.0 Å². The molecule has 3 rings (SSSR count). The molecule has 2 amide bonds. The highest BCUT2D eigenvalue weighted by Crippen LogP contribution is 2.26. The highest BCUT2D eigenvalue weighted by atomic mass is 16.2. The highest BCUT2D eigenvalue weighted by molar-refractivity contribution is 5.77. The summed E-state index contributed by atoms with van der Waals surface area (Å²) < 4.78 is 0. The van der Waals surface area contributed by atoms with Crippen LogP contribution in [0.1, 0.15) is 45.4 Å². The number of rotatable bonds is 6. The summed E-state index contributed by atoms with van der Waals surface area (Å²) in [6.07, 6.45) is 8.51. The van der Waals surface area contributed by atoms with Crippen LogP contribution in [0.3, 0.4) is 0 Å². The Balaban J connectivity index is 1.56. The van der Waals surface area contributed by atoms with Crippen molar-refractivity contribution in [1.82, 2.24) is 15.2 Å². The number of nitrogens with two attached hydrogens (primary N) is 1. The van der Waals surface area contributed by atoms with Crippen molar-refractivity contribution in [2.75, 3.05) is 30.3 Å². The number of carbonyl (C=O) groups is 1. The van der Waals surface area contributed by atoms with Crippen LogP contribution in [-0.2, 0) is 0 Å². The van der Waals surface area contributed by atoms with E-state index in [1.807, 2.05) is 12.1 Å². The van der Waals surface area contributed by atoms with Gasteiger partial charge in [0.2, 0.25) is 0 Å². The predicted molar refractivity (Wildman–Crippen MR) is 97.1 cm³/mol. The van der Waals surface area contributed by atoms with E-state index in [2.05, 4.69) is 27.0 Å². The van der Waals surface area contributed by atoms with E-state index in [1.165, 1.54) is 19.3 Å². The van der Waals surface area contributed by atoms with E-state index in [4.69, 9.17) is 5.73 Å². The van der Waals surface area contributed by atoms with Crippen molar-refractivity contribution >= 4 is 17.5 Å². The molecular formula is C18H29N5O. The molecule has 2 aliphatic rings. The lowest BCUT2D eigenvalue weighted by Crippen LogP contribution is -2.49. The Bertz CT molecular complexity index is 539. The molecule has 1 aromatic heterocycles.